The van der Waals surface area contributed by atoms with Crippen molar-refractivity contribution in [2.24, 2.45) is 0 Å². The molecule has 24 heavy (non-hydrogen) atoms. The van der Waals surface area contributed by atoms with Gasteiger partial charge in [-0.15, -0.1) is 0 Å². The van der Waals surface area contributed by atoms with Gasteiger partial charge < -0.3 is 14.2 Å². The lowest BCUT2D eigenvalue weighted by atomic mass is 10.1. The van der Waals surface area contributed by atoms with Crippen LogP contribution in [0.25, 0.3) is 0 Å². The number of benzene rings is 2. The van der Waals surface area contributed by atoms with Crippen molar-refractivity contribution < 1.29 is 23.8 Å². The van der Waals surface area contributed by atoms with Gasteiger partial charge in [0.05, 0.1) is 7.11 Å². The molecule has 0 amide bonds. The third-order valence-corrected chi connectivity index (χ3v) is 3.64. The van der Waals surface area contributed by atoms with E-state index in [1.54, 1.807) is 6.07 Å². The van der Waals surface area contributed by atoms with E-state index in [2.05, 4.69) is 4.74 Å². The highest BCUT2D eigenvalue weighted by molar-refractivity contribution is 6.31. The van der Waals surface area contributed by atoms with Gasteiger partial charge in [0.2, 0.25) is 0 Å². The van der Waals surface area contributed by atoms with Gasteiger partial charge >= 0.3 is 11.9 Å². The molecule has 0 heterocycles. The summed E-state index contributed by atoms with van der Waals surface area (Å²) < 4.78 is 15.2. The van der Waals surface area contributed by atoms with Gasteiger partial charge in [-0.2, -0.15) is 0 Å². The Morgan fingerprint density at radius 1 is 1.04 bits per heavy atom. The van der Waals surface area contributed by atoms with Crippen LogP contribution < -0.4 is 9.47 Å². The minimum absolute atomic E-state index is 0.0694. The van der Waals surface area contributed by atoms with Crippen LogP contribution in [-0.4, -0.2) is 25.7 Å². The van der Waals surface area contributed by atoms with Crippen LogP contribution in [0.5, 0.6) is 11.5 Å². The summed E-state index contributed by atoms with van der Waals surface area (Å²) in [5.41, 5.74) is 2.27. The van der Waals surface area contributed by atoms with Crippen molar-refractivity contribution >= 4 is 23.5 Å². The normalized spacial score (nSPS) is 10.2. The van der Waals surface area contributed by atoms with E-state index in [0.29, 0.717) is 10.8 Å². The molecule has 0 fully saturated rings. The molecule has 0 atom stereocenters. The van der Waals surface area contributed by atoms with Gasteiger partial charge in [0.25, 0.3) is 0 Å². The van der Waals surface area contributed by atoms with Crippen LogP contribution in [-0.2, 0) is 9.53 Å². The third kappa shape index (κ3) is 4.49. The summed E-state index contributed by atoms with van der Waals surface area (Å²) in [6.45, 7) is 3.66. The second-order valence-corrected chi connectivity index (χ2v) is 5.58. The summed E-state index contributed by atoms with van der Waals surface area (Å²) in [6.07, 6.45) is 0. The number of carbonyl (C=O) groups is 2. The number of ether oxygens (including phenoxy) is 3. The molecule has 0 aliphatic rings. The molecule has 126 valence electrons. The number of aryl methyl sites for hydroxylation is 2. The molecule has 0 spiro atoms. The van der Waals surface area contributed by atoms with E-state index in [1.807, 2.05) is 26.0 Å². The van der Waals surface area contributed by atoms with Gasteiger partial charge in [-0.1, -0.05) is 17.7 Å². The maximum absolute atomic E-state index is 12.0. The number of halogens is 1. The molecule has 0 aliphatic heterocycles. The summed E-state index contributed by atoms with van der Waals surface area (Å²) in [5, 5.41) is 0.335. The number of rotatable bonds is 5. The molecule has 6 heteroatoms. The zero-order valence-corrected chi connectivity index (χ0v) is 14.3. The zero-order valence-electron chi connectivity index (χ0n) is 13.6. The third-order valence-electron chi connectivity index (χ3n) is 3.41. The molecule has 2 aromatic rings. The Kier molecular flexibility index (Phi) is 5.82. The average molecular weight is 349 g/mol. The lowest BCUT2D eigenvalue weighted by molar-refractivity contribution is -0.136. The first-order valence-corrected chi connectivity index (χ1v) is 7.57. The van der Waals surface area contributed by atoms with Crippen LogP contribution in [0, 0.1) is 13.8 Å². The molecule has 2 aromatic carbocycles. The fraction of sp³-hybridized carbons (Fsp3) is 0.222. The Balaban J connectivity index is 2.04. The largest absolute Gasteiger partial charge is 0.482 e. The van der Waals surface area contributed by atoms with Gasteiger partial charge in [-0.05, 0) is 55.3 Å². The van der Waals surface area contributed by atoms with Gasteiger partial charge in [0, 0.05) is 5.02 Å². The molecule has 0 unspecified atom stereocenters. The van der Waals surface area contributed by atoms with Crippen LogP contribution in [0.2, 0.25) is 5.02 Å². The molecule has 0 saturated heterocycles. The molecule has 0 saturated carbocycles. The minimum Gasteiger partial charge on any atom is -0.482 e. The summed E-state index contributed by atoms with van der Waals surface area (Å²) in [4.78, 5) is 23.7. The van der Waals surface area contributed by atoms with E-state index in [0.717, 1.165) is 11.1 Å². The summed E-state index contributed by atoms with van der Waals surface area (Å²) in [7, 11) is 1.23. The van der Waals surface area contributed by atoms with Crippen LogP contribution in [0.1, 0.15) is 21.5 Å². The van der Waals surface area contributed by atoms with E-state index in [1.165, 1.54) is 25.3 Å². The van der Waals surface area contributed by atoms with Gasteiger partial charge in [0.15, 0.2) is 6.61 Å². The Morgan fingerprint density at radius 3 is 2.46 bits per heavy atom. The predicted octanol–water partition coefficient (Wildman–Crippen LogP) is 3.73. The van der Waals surface area contributed by atoms with Crippen molar-refractivity contribution in [3.05, 3.63) is 58.1 Å². The Bertz CT molecular complexity index is 770. The van der Waals surface area contributed by atoms with Crippen molar-refractivity contribution in [3.63, 3.8) is 0 Å². The smallest absolute Gasteiger partial charge is 0.349 e. The highest BCUT2D eigenvalue weighted by Gasteiger charge is 2.17. The van der Waals surface area contributed by atoms with E-state index in [-0.39, 0.29) is 17.9 Å². The molecule has 0 aromatic heterocycles. The van der Waals surface area contributed by atoms with Crippen molar-refractivity contribution in [1.29, 1.82) is 0 Å². The van der Waals surface area contributed by atoms with Crippen molar-refractivity contribution in [3.8, 4) is 11.5 Å². The molecule has 0 bridgehead atoms. The maximum Gasteiger partial charge on any atom is 0.349 e. The first-order chi connectivity index (χ1) is 11.4. The standard InChI is InChI=1S/C18H17ClO5/c1-11-4-6-14(8-12(11)2)23-10-17(20)24-16-7-5-13(19)9-15(16)18(21)22-3/h4-9H,10H2,1-3H3. The zero-order chi connectivity index (χ0) is 17.7. The fourth-order valence-corrected chi connectivity index (χ4v) is 2.13. The van der Waals surface area contributed by atoms with E-state index in [4.69, 9.17) is 21.1 Å². The van der Waals surface area contributed by atoms with Crippen LogP contribution in [0.3, 0.4) is 0 Å². The van der Waals surface area contributed by atoms with E-state index in [9.17, 15) is 9.59 Å². The molecule has 5 nitrogen and oxygen atoms in total. The predicted molar refractivity (Wildman–Crippen MR) is 89.8 cm³/mol. The number of hydrogen-bond acceptors (Lipinski definition) is 5. The van der Waals surface area contributed by atoms with E-state index >= 15 is 0 Å². The number of carbonyl (C=O) groups excluding carboxylic acids is 2. The van der Waals surface area contributed by atoms with Crippen LogP contribution in [0.15, 0.2) is 36.4 Å². The number of hydrogen-bond donors (Lipinski definition) is 0. The molecule has 0 radical (unpaired) electrons. The summed E-state index contributed by atoms with van der Waals surface area (Å²) in [6, 6.07) is 9.84. The summed E-state index contributed by atoms with van der Waals surface area (Å²) >= 11 is 5.85. The van der Waals surface area contributed by atoms with Crippen LogP contribution >= 0.6 is 11.6 Å². The minimum atomic E-state index is -0.643. The first-order valence-electron chi connectivity index (χ1n) is 7.19. The average Bonchev–Trinajstić information content (AvgIpc) is 2.56. The van der Waals surface area contributed by atoms with Gasteiger partial charge in [-0.3, -0.25) is 0 Å². The second kappa shape index (κ2) is 7.84. The molecular formula is C18H17ClO5. The van der Waals surface area contributed by atoms with Crippen LogP contribution in [0.4, 0.5) is 0 Å². The van der Waals surface area contributed by atoms with Crippen molar-refractivity contribution in [2.45, 2.75) is 13.8 Å². The monoisotopic (exact) mass is 348 g/mol. The van der Waals surface area contributed by atoms with Crippen molar-refractivity contribution in [1.82, 2.24) is 0 Å². The van der Waals surface area contributed by atoms with Gasteiger partial charge in [0.1, 0.15) is 17.1 Å². The quantitative estimate of drug-likeness (QED) is 0.608. The topological polar surface area (TPSA) is 61.8 Å². The fourth-order valence-electron chi connectivity index (χ4n) is 1.96. The maximum atomic E-state index is 12.0. The molecular weight excluding hydrogens is 332 g/mol. The van der Waals surface area contributed by atoms with Gasteiger partial charge in [-0.25, -0.2) is 9.59 Å². The van der Waals surface area contributed by atoms with E-state index < -0.39 is 11.9 Å². The number of methoxy groups -OCH3 is 1. The Morgan fingerprint density at radius 2 is 1.79 bits per heavy atom. The lowest BCUT2D eigenvalue weighted by Crippen LogP contribution is -2.19. The van der Waals surface area contributed by atoms with Crippen molar-refractivity contribution in [2.75, 3.05) is 13.7 Å². The highest BCUT2D eigenvalue weighted by Crippen LogP contribution is 2.24. The summed E-state index contributed by atoms with van der Waals surface area (Å²) in [5.74, 6) is -0.643. The lowest BCUT2D eigenvalue weighted by Gasteiger charge is -2.10. The second-order valence-electron chi connectivity index (χ2n) is 5.14. The highest BCUT2D eigenvalue weighted by atomic mass is 35.5. The number of esters is 2. The molecule has 0 N–H and O–H groups in total. The Labute approximate surface area is 145 Å². The Hall–Kier alpha value is -2.53. The first kappa shape index (κ1) is 17.8. The molecule has 2 rings (SSSR count). The molecule has 0 aliphatic carbocycles. The SMILES string of the molecule is COC(=O)c1cc(Cl)ccc1OC(=O)COc1ccc(C)c(C)c1.